The van der Waals surface area contributed by atoms with Gasteiger partial charge in [-0.05, 0) is 31.9 Å². The summed E-state index contributed by atoms with van der Waals surface area (Å²) in [4.78, 5) is 30.7. The first-order chi connectivity index (χ1) is 13.8. The first-order valence-electron chi connectivity index (χ1n) is 9.57. The Morgan fingerprint density at radius 2 is 2.21 bits per heavy atom. The third-order valence-corrected chi connectivity index (χ3v) is 8.88. The SMILES string of the molecule is CCNCC1CCN(c2nc3c(cc2F)c(=O)c(C(=O)O)cn3C2(I)CC2)C1I. The predicted molar refractivity (Wildman–Crippen MR) is 126 cm³/mol. The Labute approximate surface area is 194 Å². The molecule has 1 aliphatic heterocycles. The van der Waals surface area contributed by atoms with Crippen LogP contribution in [0.4, 0.5) is 10.2 Å². The molecular formula is C19H21FI2N4O3. The highest BCUT2D eigenvalue weighted by molar-refractivity contribution is 14.1. The molecule has 0 bridgehead atoms. The number of aromatic nitrogens is 2. The van der Waals surface area contributed by atoms with Crippen molar-refractivity contribution in [2.24, 2.45) is 5.92 Å². The number of rotatable bonds is 6. The summed E-state index contributed by atoms with van der Waals surface area (Å²) in [7, 11) is 0. The van der Waals surface area contributed by atoms with E-state index in [2.05, 4.69) is 62.4 Å². The van der Waals surface area contributed by atoms with Gasteiger partial charge in [-0.25, -0.2) is 14.2 Å². The highest BCUT2D eigenvalue weighted by Crippen LogP contribution is 2.51. The molecule has 1 aliphatic carbocycles. The van der Waals surface area contributed by atoms with Gasteiger partial charge in [0.15, 0.2) is 11.6 Å². The zero-order chi connectivity index (χ0) is 20.9. The molecule has 10 heteroatoms. The number of hydrogen-bond acceptors (Lipinski definition) is 5. The lowest BCUT2D eigenvalue weighted by molar-refractivity contribution is 0.0695. The minimum atomic E-state index is -1.31. The highest BCUT2D eigenvalue weighted by atomic mass is 127. The van der Waals surface area contributed by atoms with Crippen LogP contribution >= 0.6 is 45.2 Å². The summed E-state index contributed by atoms with van der Waals surface area (Å²) >= 11 is 4.58. The molecule has 2 aliphatic rings. The van der Waals surface area contributed by atoms with E-state index in [1.807, 2.05) is 4.90 Å². The topological polar surface area (TPSA) is 87.5 Å². The monoisotopic (exact) mass is 626 g/mol. The number of pyridine rings is 2. The molecule has 0 amide bonds. The number of carboxylic acids is 1. The maximum Gasteiger partial charge on any atom is 0.341 e. The summed E-state index contributed by atoms with van der Waals surface area (Å²) in [5.74, 6) is -1.29. The second-order valence-electron chi connectivity index (χ2n) is 7.55. The number of aromatic carboxylic acids is 1. The Hall–Kier alpha value is -1.02. The fourth-order valence-electron chi connectivity index (χ4n) is 3.79. The molecule has 7 nitrogen and oxygen atoms in total. The van der Waals surface area contributed by atoms with E-state index < -0.39 is 17.2 Å². The summed E-state index contributed by atoms with van der Waals surface area (Å²) in [6.45, 7) is 4.49. The van der Waals surface area contributed by atoms with Crippen LogP contribution < -0.4 is 15.6 Å². The van der Waals surface area contributed by atoms with Crippen molar-refractivity contribution >= 4 is 68.0 Å². The second kappa shape index (κ2) is 7.91. The fourth-order valence-corrected chi connectivity index (χ4v) is 5.58. The molecule has 2 aromatic heterocycles. The molecule has 2 atom stereocenters. The second-order valence-corrected chi connectivity index (χ2v) is 10.8. The van der Waals surface area contributed by atoms with Gasteiger partial charge in [-0.1, -0.05) is 52.1 Å². The van der Waals surface area contributed by atoms with Crippen molar-refractivity contribution in [3.05, 3.63) is 33.9 Å². The van der Waals surface area contributed by atoms with Crippen molar-refractivity contribution < 1.29 is 14.3 Å². The third kappa shape index (κ3) is 3.75. The molecule has 29 heavy (non-hydrogen) atoms. The van der Waals surface area contributed by atoms with Crippen LogP contribution in [0.25, 0.3) is 11.0 Å². The minimum Gasteiger partial charge on any atom is -0.477 e. The number of carboxylic acid groups (broad SMARTS) is 1. The van der Waals surface area contributed by atoms with Crippen LogP contribution in [-0.2, 0) is 3.55 Å². The number of carbonyl (C=O) groups is 1. The summed E-state index contributed by atoms with van der Waals surface area (Å²) in [5, 5.41) is 12.8. The molecule has 0 spiro atoms. The van der Waals surface area contributed by atoms with Gasteiger partial charge in [0.25, 0.3) is 0 Å². The molecular weight excluding hydrogens is 605 g/mol. The molecule has 1 saturated carbocycles. The van der Waals surface area contributed by atoms with Gasteiger partial charge >= 0.3 is 5.97 Å². The number of anilines is 1. The molecule has 2 aromatic rings. The lowest BCUT2D eigenvalue weighted by atomic mass is 10.1. The predicted octanol–water partition coefficient (Wildman–Crippen LogP) is 3.31. The fraction of sp³-hybridized carbons (Fsp3) is 0.526. The maximum absolute atomic E-state index is 15.1. The Kier molecular flexibility index (Phi) is 5.79. The van der Waals surface area contributed by atoms with Gasteiger partial charge in [0.05, 0.1) is 13.0 Å². The third-order valence-electron chi connectivity index (χ3n) is 5.59. The maximum atomic E-state index is 15.1. The molecule has 1 saturated heterocycles. The first kappa shape index (κ1) is 21.2. The average molecular weight is 626 g/mol. The first-order valence-corrected chi connectivity index (χ1v) is 11.9. The van der Waals surface area contributed by atoms with Crippen LogP contribution in [0.1, 0.15) is 36.5 Å². The van der Waals surface area contributed by atoms with Crippen LogP contribution in [0.2, 0.25) is 0 Å². The van der Waals surface area contributed by atoms with E-state index in [1.165, 1.54) is 6.20 Å². The van der Waals surface area contributed by atoms with E-state index >= 15 is 4.39 Å². The van der Waals surface area contributed by atoms with Crippen molar-refractivity contribution in [1.29, 1.82) is 0 Å². The van der Waals surface area contributed by atoms with Crippen molar-refractivity contribution in [3.8, 4) is 0 Å². The highest BCUT2D eigenvalue weighted by Gasteiger charge is 2.43. The number of halogens is 3. The van der Waals surface area contributed by atoms with Crippen LogP contribution in [0.15, 0.2) is 17.1 Å². The quantitative estimate of drug-likeness (QED) is 0.291. The number of nitrogens with one attached hydrogen (secondary N) is 1. The van der Waals surface area contributed by atoms with E-state index in [1.54, 1.807) is 4.57 Å². The number of fused-ring (bicyclic) bond motifs is 1. The van der Waals surface area contributed by atoms with Crippen LogP contribution in [0.5, 0.6) is 0 Å². The van der Waals surface area contributed by atoms with Gasteiger partial charge < -0.3 is 19.9 Å². The Bertz CT molecular complexity index is 1040. The number of hydrogen-bond donors (Lipinski definition) is 2. The summed E-state index contributed by atoms with van der Waals surface area (Å²) in [6, 6.07) is 1.16. The van der Waals surface area contributed by atoms with Crippen molar-refractivity contribution in [2.45, 2.75) is 33.8 Å². The van der Waals surface area contributed by atoms with Crippen LogP contribution in [0.3, 0.4) is 0 Å². The minimum absolute atomic E-state index is 0.0162. The summed E-state index contributed by atoms with van der Waals surface area (Å²) in [6.07, 6.45) is 3.99. The van der Waals surface area contributed by atoms with Crippen LogP contribution in [0, 0.1) is 11.7 Å². The van der Waals surface area contributed by atoms with Gasteiger partial charge in [0, 0.05) is 25.2 Å². The molecule has 2 unspecified atom stereocenters. The molecule has 2 fully saturated rings. The molecule has 2 N–H and O–H groups in total. The molecule has 0 aromatic carbocycles. The Morgan fingerprint density at radius 3 is 2.83 bits per heavy atom. The average Bonchev–Trinajstić information content (AvgIpc) is 3.32. The van der Waals surface area contributed by atoms with E-state index in [-0.39, 0.29) is 24.4 Å². The van der Waals surface area contributed by atoms with Crippen molar-refractivity contribution in [1.82, 2.24) is 14.9 Å². The normalized spacial score (nSPS) is 23.0. The van der Waals surface area contributed by atoms with Gasteiger partial charge in [0.1, 0.15) is 11.2 Å². The lowest BCUT2D eigenvalue weighted by Crippen LogP contribution is -2.33. The molecule has 0 radical (unpaired) electrons. The van der Waals surface area contributed by atoms with Gasteiger partial charge in [0.2, 0.25) is 5.43 Å². The van der Waals surface area contributed by atoms with E-state index in [9.17, 15) is 14.7 Å². The molecule has 4 rings (SSSR count). The Morgan fingerprint density at radius 1 is 1.48 bits per heavy atom. The van der Waals surface area contributed by atoms with E-state index in [0.29, 0.717) is 18.1 Å². The summed E-state index contributed by atoms with van der Waals surface area (Å²) < 4.78 is 16.6. The lowest BCUT2D eigenvalue weighted by Gasteiger charge is -2.26. The number of nitrogens with zero attached hydrogens (tertiary/aromatic N) is 3. The van der Waals surface area contributed by atoms with E-state index in [0.717, 1.165) is 38.4 Å². The van der Waals surface area contributed by atoms with Gasteiger partial charge in [-0.3, -0.25) is 4.79 Å². The van der Waals surface area contributed by atoms with Crippen LogP contribution in [-0.4, -0.2) is 44.3 Å². The molecule has 3 heterocycles. The number of alkyl halides is 2. The zero-order valence-electron chi connectivity index (χ0n) is 15.8. The smallest absolute Gasteiger partial charge is 0.341 e. The van der Waals surface area contributed by atoms with Crippen molar-refractivity contribution in [2.75, 3.05) is 24.5 Å². The summed E-state index contributed by atoms with van der Waals surface area (Å²) in [5.41, 5.74) is -0.699. The molecule has 156 valence electrons. The van der Waals surface area contributed by atoms with E-state index in [4.69, 9.17) is 0 Å². The zero-order valence-corrected chi connectivity index (χ0v) is 20.1. The standard InChI is InChI=1S/C19H21FI2N4O3/c1-2-23-8-10-3-6-25(15(10)21)17-13(20)7-11-14(27)12(18(28)29)9-26(16(11)24-17)19(22)4-5-19/h7,9-10,15,23H,2-6,8H2,1H3,(H,28,29). The van der Waals surface area contributed by atoms with Gasteiger partial charge in [-0.2, -0.15) is 0 Å². The largest absolute Gasteiger partial charge is 0.477 e. The van der Waals surface area contributed by atoms with Gasteiger partial charge in [-0.15, -0.1) is 0 Å². The van der Waals surface area contributed by atoms with Crippen molar-refractivity contribution in [3.63, 3.8) is 0 Å². The Balaban J connectivity index is 1.84.